The molecule has 0 aliphatic rings. The van der Waals surface area contributed by atoms with Gasteiger partial charge >= 0.3 is 0 Å². The monoisotopic (exact) mass is 365 g/mol. The van der Waals surface area contributed by atoms with Gasteiger partial charge in [-0.3, -0.25) is 4.79 Å². The minimum atomic E-state index is -3.81. The number of nitrogens with one attached hydrogen (secondary N) is 1. The minimum absolute atomic E-state index is 0.172. The molecule has 1 unspecified atom stereocenters. The van der Waals surface area contributed by atoms with Crippen molar-refractivity contribution in [3.8, 4) is 0 Å². The molecule has 1 N–H and O–H groups in total. The number of benzene rings is 3. The minimum Gasteiger partial charge on any atom is -0.331 e. The van der Waals surface area contributed by atoms with Gasteiger partial charge in [-0.1, -0.05) is 66.2 Å². The molecule has 5 heteroatoms. The first kappa shape index (κ1) is 17.9. The van der Waals surface area contributed by atoms with E-state index in [1.165, 1.54) is 0 Å². The van der Waals surface area contributed by atoms with Gasteiger partial charge in [0.2, 0.25) is 9.84 Å². The average Bonchev–Trinajstić information content (AvgIpc) is 2.67. The lowest BCUT2D eigenvalue weighted by Gasteiger charge is -2.20. The highest BCUT2D eigenvalue weighted by atomic mass is 32.2. The van der Waals surface area contributed by atoms with Crippen molar-refractivity contribution in [2.75, 3.05) is 0 Å². The average molecular weight is 365 g/mol. The predicted octanol–water partition coefficient (Wildman–Crippen LogP) is 3.90. The van der Waals surface area contributed by atoms with Crippen LogP contribution in [0.3, 0.4) is 0 Å². The largest absolute Gasteiger partial charge is 0.331 e. The van der Waals surface area contributed by atoms with Gasteiger partial charge in [0.1, 0.15) is 0 Å². The van der Waals surface area contributed by atoms with E-state index in [2.05, 4.69) is 5.32 Å². The van der Waals surface area contributed by atoms with Gasteiger partial charge in [-0.2, -0.15) is 0 Å². The second kappa shape index (κ2) is 7.54. The van der Waals surface area contributed by atoms with Crippen LogP contribution in [-0.2, 0) is 9.84 Å². The van der Waals surface area contributed by atoms with Crippen LogP contribution in [0.2, 0.25) is 0 Å². The van der Waals surface area contributed by atoms with Crippen LogP contribution in [0.5, 0.6) is 0 Å². The summed E-state index contributed by atoms with van der Waals surface area (Å²) in [5.41, 5.74) is 1.89. The van der Waals surface area contributed by atoms with Crippen molar-refractivity contribution in [3.63, 3.8) is 0 Å². The molecule has 0 saturated heterocycles. The van der Waals surface area contributed by atoms with E-state index < -0.39 is 21.1 Å². The van der Waals surface area contributed by atoms with Crippen molar-refractivity contribution < 1.29 is 13.2 Å². The number of amides is 1. The Labute approximate surface area is 153 Å². The Morgan fingerprint density at radius 3 is 1.92 bits per heavy atom. The molecular weight excluding hydrogens is 346 g/mol. The van der Waals surface area contributed by atoms with Crippen molar-refractivity contribution in [3.05, 3.63) is 102 Å². The van der Waals surface area contributed by atoms with Crippen LogP contribution >= 0.6 is 0 Å². The third-order valence-corrected chi connectivity index (χ3v) is 6.00. The summed E-state index contributed by atoms with van der Waals surface area (Å²) in [6.07, 6.45) is 0. The Morgan fingerprint density at radius 1 is 0.808 bits per heavy atom. The smallest absolute Gasteiger partial charge is 0.252 e. The number of carbonyl (C=O) groups is 1. The van der Waals surface area contributed by atoms with E-state index in [1.807, 2.05) is 6.92 Å². The maximum atomic E-state index is 13.2. The molecule has 0 saturated carbocycles. The predicted molar refractivity (Wildman–Crippen MR) is 101 cm³/mol. The zero-order chi connectivity index (χ0) is 18.6. The zero-order valence-electron chi connectivity index (χ0n) is 14.3. The van der Waals surface area contributed by atoms with Crippen molar-refractivity contribution in [1.29, 1.82) is 0 Å². The quantitative estimate of drug-likeness (QED) is 0.746. The van der Waals surface area contributed by atoms with Crippen molar-refractivity contribution in [2.24, 2.45) is 0 Å². The van der Waals surface area contributed by atoms with Crippen LogP contribution in [0.1, 0.15) is 26.9 Å². The van der Waals surface area contributed by atoms with Crippen molar-refractivity contribution in [2.45, 2.75) is 17.2 Å². The Hall–Kier alpha value is -2.92. The summed E-state index contributed by atoms with van der Waals surface area (Å²) in [6.45, 7) is 1.89. The van der Waals surface area contributed by atoms with E-state index in [0.29, 0.717) is 11.1 Å². The van der Waals surface area contributed by atoms with Crippen LogP contribution in [0, 0.1) is 6.92 Å². The summed E-state index contributed by atoms with van der Waals surface area (Å²) in [4.78, 5) is 12.8. The highest BCUT2D eigenvalue weighted by molar-refractivity contribution is 7.91. The van der Waals surface area contributed by atoms with E-state index >= 15 is 0 Å². The molecule has 0 fully saturated rings. The lowest BCUT2D eigenvalue weighted by molar-refractivity contribution is 0.0948. The lowest BCUT2D eigenvalue weighted by atomic mass is 10.2. The van der Waals surface area contributed by atoms with E-state index in [4.69, 9.17) is 0 Å². The van der Waals surface area contributed by atoms with Gasteiger partial charge in [-0.25, -0.2) is 8.42 Å². The molecule has 0 aromatic heterocycles. The molecule has 26 heavy (non-hydrogen) atoms. The zero-order valence-corrected chi connectivity index (χ0v) is 15.1. The van der Waals surface area contributed by atoms with Crippen LogP contribution < -0.4 is 5.32 Å². The molecule has 0 aliphatic carbocycles. The van der Waals surface area contributed by atoms with Crippen molar-refractivity contribution >= 4 is 15.7 Å². The van der Waals surface area contributed by atoms with Crippen LogP contribution in [-0.4, -0.2) is 14.3 Å². The number of sulfone groups is 1. The molecule has 3 rings (SSSR count). The van der Waals surface area contributed by atoms with Gasteiger partial charge in [-0.05, 0) is 36.8 Å². The standard InChI is InChI=1S/C21H19NO3S/c1-16-12-14-19(15-13-16)26(24,25)21(18-10-6-3-7-11-18)22-20(23)17-8-4-2-5-9-17/h2-15,21H,1H3,(H,22,23). The number of carbonyl (C=O) groups excluding carboxylic acids is 1. The molecular formula is C21H19NO3S. The molecule has 0 aliphatic heterocycles. The summed E-state index contributed by atoms with van der Waals surface area (Å²) in [5.74, 6) is -0.435. The third kappa shape index (κ3) is 3.83. The third-order valence-electron chi connectivity index (χ3n) is 4.06. The van der Waals surface area contributed by atoms with Gasteiger partial charge in [0.05, 0.1) is 4.90 Å². The summed E-state index contributed by atoms with van der Waals surface area (Å²) < 4.78 is 26.4. The first-order chi connectivity index (χ1) is 12.5. The van der Waals surface area contributed by atoms with E-state index in [9.17, 15) is 13.2 Å². The lowest BCUT2D eigenvalue weighted by Crippen LogP contribution is -2.34. The van der Waals surface area contributed by atoms with Crippen LogP contribution in [0.4, 0.5) is 0 Å². The van der Waals surface area contributed by atoms with E-state index in [1.54, 1.807) is 84.9 Å². The Bertz CT molecular complexity index is 982. The summed E-state index contributed by atoms with van der Waals surface area (Å²) in [7, 11) is -3.81. The van der Waals surface area contributed by atoms with Gasteiger partial charge in [0, 0.05) is 5.56 Å². The van der Waals surface area contributed by atoms with Gasteiger partial charge in [0.25, 0.3) is 5.91 Å². The molecule has 3 aromatic carbocycles. The topological polar surface area (TPSA) is 63.2 Å². The number of aryl methyl sites for hydroxylation is 1. The maximum Gasteiger partial charge on any atom is 0.252 e. The fourth-order valence-corrected chi connectivity index (χ4v) is 4.19. The second-order valence-corrected chi connectivity index (χ2v) is 8.02. The molecule has 0 heterocycles. The Kier molecular flexibility index (Phi) is 5.19. The fraction of sp³-hybridized carbons (Fsp3) is 0.0952. The van der Waals surface area contributed by atoms with Crippen LogP contribution in [0.25, 0.3) is 0 Å². The van der Waals surface area contributed by atoms with Crippen LogP contribution in [0.15, 0.2) is 89.8 Å². The Balaban J connectivity index is 2.01. The van der Waals surface area contributed by atoms with E-state index in [0.717, 1.165) is 5.56 Å². The molecule has 3 aromatic rings. The Morgan fingerprint density at radius 2 is 1.35 bits per heavy atom. The highest BCUT2D eigenvalue weighted by Gasteiger charge is 2.30. The maximum absolute atomic E-state index is 13.2. The highest BCUT2D eigenvalue weighted by Crippen LogP contribution is 2.27. The first-order valence-electron chi connectivity index (χ1n) is 8.20. The summed E-state index contributed by atoms with van der Waals surface area (Å²) in [5, 5.41) is 1.51. The molecule has 0 spiro atoms. The molecule has 1 atom stereocenters. The molecule has 132 valence electrons. The van der Waals surface area contributed by atoms with Crippen molar-refractivity contribution in [1.82, 2.24) is 5.32 Å². The number of hydrogen-bond donors (Lipinski definition) is 1. The fourth-order valence-electron chi connectivity index (χ4n) is 2.62. The SMILES string of the molecule is Cc1ccc(S(=O)(=O)C(NC(=O)c2ccccc2)c2ccccc2)cc1. The number of hydrogen-bond acceptors (Lipinski definition) is 3. The van der Waals surface area contributed by atoms with Gasteiger partial charge < -0.3 is 5.32 Å². The first-order valence-corrected chi connectivity index (χ1v) is 9.74. The van der Waals surface area contributed by atoms with E-state index in [-0.39, 0.29) is 4.90 Å². The molecule has 0 radical (unpaired) electrons. The normalized spacial score (nSPS) is 12.3. The molecule has 0 bridgehead atoms. The second-order valence-electron chi connectivity index (χ2n) is 5.99. The van der Waals surface area contributed by atoms with Gasteiger partial charge in [0.15, 0.2) is 5.37 Å². The van der Waals surface area contributed by atoms with Gasteiger partial charge in [-0.15, -0.1) is 0 Å². The summed E-state index contributed by atoms with van der Waals surface area (Å²) in [6, 6.07) is 23.9. The molecule has 1 amide bonds. The summed E-state index contributed by atoms with van der Waals surface area (Å²) >= 11 is 0. The number of rotatable bonds is 5. The molecule has 4 nitrogen and oxygen atoms in total.